The Morgan fingerprint density at radius 3 is 1.75 bits per heavy atom. The molecule has 0 aliphatic heterocycles. The highest BCUT2D eigenvalue weighted by Crippen LogP contribution is 1.50. The maximum Gasteiger partial charge on any atom is 0.330 e. The van der Waals surface area contributed by atoms with Gasteiger partial charge in [0.2, 0.25) is 0 Å². The van der Waals surface area contributed by atoms with E-state index in [0.29, 0.717) is 0 Å². The van der Waals surface area contributed by atoms with Crippen LogP contribution in [-0.2, 0) is 10.3 Å². The molecule has 0 amide bonds. The lowest BCUT2D eigenvalue weighted by molar-refractivity contribution is 0.485. The predicted octanol–water partition coefficient (Wildman–Crippen LogP) is -0.722. The molecule has 0 radical (unpaired) electrons. The van der Waals surface area contributed by atoms with Crippen molar-refractivity contribution in [1.29, 1.82) is 5.26 Å². The summed E-state index contributed by atoms with van der Waals surface area (Å²) in [5.41, 5.74) is 0. The summed E-state index contributed by atoms with van der Waals surface area (Å²) in [6, 6.07) is 1.75. The van der Waals surface area contributed by atoms with E-state index in [4.69, 9.17) is 18.2 Å². The molecule has 0 aliphatic carbocycles. The van der Waals surface area contributed by atoms with Crippen LogP contribution in [0.3, 0.4) is 0 Å². The smallest absolute Gasteiger partial charge is 0.274 e. The van der Waals surface area contributed by atoms with Gasteiger partial charge >= 0.3 is 10.3 Å². The van der Waals surface area contributed by atoms with E-state index in [1.807, 2.05) is 0 Å². The molecule has 3 N–H and O–H groups in total. The molecule has 0 aromatic heterocycles. The molecule has 6 heteroatoms. The molecule has 8 heavy (non-hydrogen) atoms. The van der Waals surface area contributed by atoms with Gasteiger partial charge in [0.25, 0.3) is 0 Å². The minimum absolute atomic E-state index is 1.43. The third-order valence-corrected chi connectivity index (χ3v) is 0. The third-order valence-electron chi connectivity index (χ3n) is 0. The van der Waals surface area contributed by atoms with E-state index in [9.17, 15) is 0 Å². The second-order valence-electron chi connectivity index (χ2n) is 0.739. The van der Waals surface area contributed by atoms with Crippen molar-refractivity contribution in [3.05, 3.63) is 0 Å². The largest absolute Gasteiger partial charge is 0.330 e. The topological polar surface area (TPSA) is 104 Å². The van der Waals surface area contributed by atoms with Crippen molar-refractivity contribution < 1.29 is 13.0 Å². The molecule has 0 aliphatic rings. The van der Waals surface area contributed by atoms with E-state index in [0.717, 1.165) is 0 Å². The average Bonchev–Trinajstić information content (AvgIpc) is 1.27. The Kier molecular flexibility index (Phi) is 5.85. The first-order chi connectivity index (χ1) is 3.41. The van der Waals surface area contributed by atoms with Gasteiger partial charge in [-0.25, -0.2) is 5.14 Å². The van der Waals surface area contributed by atoms with Gasteiger partial charge in [-0.15, -0.1) is 0 Å². The van der Waals surface area contributed by atoms with Crippen molar-refractivity contribution in [3.8, 4) is 6.07 Å². The molecule has 0 bridgehead atoms. The number of hydrogen-bond acceptors (Lipinski definition) is 3. The number of hydrogen-bond donors (Lipinski definition) is 2. The van der Waals surface area contributed by atoms with Crippen LogP contribution >= 0.6 is 0 Å². The molecule has 0 aromatic carbocycles. The molecule has 0 rings (SSSR count). The Labute approximate surface area is 47.6 Å². The Hall–Kier alpha value is -0.640. The van der Waals surface area contributed by atoms with Crippen molar-refractivity contribution >= 4 is 10.3 Å². The van der Waals surface area contributed by atoms with Crippen LogP contribution in [0.5, 0.6) is 0 Å². The van der Waals surface area contributed by atoms with Gasteiger partial charge < -0.3 is 0 Å². The second-order valence-corrected chi connectivity index (χ2v) is 1.77. The molecule has 0 unspecified atom stereocenters. The fourth-order valence-electron chi connectivity index (χ4n) is 0. The first-order valence-corrected chi connectivity index (χ1v) is 2.98. The lowest BCUT2D eigenvalue weighted by Crippen LogP contribution is -2.08. The molecule has 0 saturated heterocycles. The number of nitriles is 1. The summed E-state index contributed by atoms with van der Waals surface area (Å²) in [6.07, 6.45) is 0. The molecule has 48 valence electrons. The monoisotopic (exact) mass is 138 g/mol. The fraction of sp³-hybridized carbons (Fsp3) is 0.500. The molecule has 0 saturated carbocycles. The van der Waals surface area contributed by atoms with Gasteiger partial charge in [0.15, 0.2) is 0 Å². The van der Waals surface area contributed by atoms with Gasteiger partial charge in [-0.05, 0) is 0 Å². The highest BCUT2D eigenvalue weighted by Gasteiger charge is 1.81. The fourth-order valence-corrected chi connectivity index (χ4v) is 0. The van der Waals surface area contributed by atoms with Gasteiger partial charge in [0.1, 0.15) is 0 Å². The van der Waals surface area contributed by atoms with Crippen molar-refractivity contribution in [2.24, 2.45) is 5.14 Å². The molecule has 0 aromatic rings. The first kappa shape index (κ1) is 10.4. The van der Waals surface area contributed by atoms with E-state index in [2.05, 4.69) is 5.14 Å². The Balaban J connectivity index is 0. The predicted molar refractivity (Wildman–Crippen MR) is 27.0 cm³/mol. The number of nitrogens with zero attached hydrogens (tertiary/aromatic N) is 1. The van der Waals surface area contributed by atoms with E-state index >= 15 is 0 Å². The summed E-state index contributed by atoms with van der Waals surface area (Å²) in [7, 11) is -4.17. The molecular formula is C2H6N2O3S. The van der Waals surface area contributed by atoms with Crippen LogP contribution in [0.4, 0.5) is 0 Å². The highest BCUT2D eigenvalue weighted by atomic mass is 32.2. The summed E-state index contributed by atoms with van der Waals surface area (Å²) >= 11 is 0. The quantitative estimate of drug-likeness (QED) is 0.431. The number of rotatable bonds is 0. The molecule has 0 spiro atoms. The lowest BCUT2D eigenvalue weighted by Gasteiger charge is -1.70. The van der Waals surface area contributed by atoms with Gasteiger partial charge in [-0.1, -0.05) is 0 Å². The maximum atomic E-state index is 8.97. The van der Waals surface area contributed by atoms with E-state index in [1.54, 1.807) is 6.07 Å². The second kappa shape index (κ2) is 4.52. The Morgan fingerprint density at radius 1 is 1.75 bits per heavy atom. The Morgan fingerprint density at radius 2 is 1.75 bits per heavy atom. The summed E-state index contributed by atoms with van der Waals surface area (Å²) in [5, 5.41) is 11.2. The van der Waals surface area contributed by atoms with Crippen LogP contribution in [0.15, 0.2) is 0 Å². The van der Waals surface area contributed by atoms with Crippen LogP contribution in [0.1, 0.15) is 6.92 Å². The van der Waals surface area contributed by atoms with Crippen LogP contribution < -0.4 is 5.14 Å². The summed E-state index contributed by atoms with van der Waals surface area (Å²) in [4.78, 5) is 0. The minimum atomic E-state index is -4.17. The van der Waals surface area contributed by atoms with Crippen molar-refractivity contribution in [3.63, 3.8) is 0 Å². The van der Waals surface area contributed by atoms with E-state index in [-0.39, 0.29) is 0 Å². The van der Waals surface area contributed by atoms with Crippen LogP contribution in [0.25, 0.3) is 0 Å². The minimum Gasteiger partial charge on any atom is -0.274 e. The van der Waals surface area contributed by atoms with Gasteiger partial charge in [0.05, 0.1) is 6.07 Å². The van der Waals surface area contributed by atoms with Crippen molar-refractivity contribution in [1.82, 2.24) is 0 Å². The zero-order valence-electron chi connectivity index (χ0n) is 4.20. The van der Waals surface area contributed by atoms with Gasteiger partial charge in [-0.2, -0.15) is 13.7 Å². The van der Waals surface area contributed by atoms with Gasteiger partial charge in [-0.3, -0.25) is 4.55 Å². The molecule has 0 fully saturated rings. The lowest BCUT2D eigenvalue weighted by atomic mass is 11.0. The number of nitrogens with two attached hydrogens (primary N) is 1. The van der Waals surface area contributed by atoms with Crippen LogP contribution in [0, 0.1) is 11.3 Å². The van der Waals surface area contributed by atoms with Crippen LogP contribution in [0.2, 0.25) is 0 Å². The molecular weight excluding hydrogens is 132 g/mol. The molecule has 0 atom stereocenters. The van der Waals surface area contributed by atoms with Crippen molar-refractivity contribution in [2.75, 3.05) is 0 Å². The third kappa shape index (κ3) is 249. The molecule has 0 heterocycles. The SMILES string of the molecule is CC#N.NS(=O)(=O)O. The van der Waals surface area contributed by atoms with E-state index in [1.165, 1.54) is 6.92 Å². The van der Waals surface area contributed by atoms with Gasteiger partial charge in [0, 0.05) is 6.92 Å². The van der Waals surface area contributed by atoms with E-state index < -0.39 is 10.3 Å². The maximum absolute atomic E-state index is 8.97. The Bertz CT molecular complexity index is 156. The zero-order chi connectivity index (χ0) is 7.21. The summed E-state index contributed by atoms with van der Waals surface area (Å²) < 4.78 is 25.2. The summed E-state index contributed by atoms with van der Waals surface area (Å²) in [6.45, 7) is 1.43. The normalized spacial score (nSPS) is 8.25. The van der Waals surface area contributed by atoms with Crippen molar-refractivity contribution in [2.45, 2.75) is 6.92 Å². The highest BCUT2D eigenvalue weighted by molar-refractivity contribution is 7.83. The average molecular weight is 138 g/mol. The zero-order valence-corrected chi connectivity index (χ0v) is 5.01. The summed E-state index contributed by atoms with van der Waals surface area (Å²) in [5.74, 6) is 0. The first-order valence-electron chi connectivity index (χ1n) is 1.48. The molecule has 5 nitrogen and oxygen atoms in total. The standard InChI is InChI=1S/C2H3N.H3NO3S/c1-2-3;1-5(2,3)4/h1H3;(H3,1,2,3,4). The van der Waals surface area contributed by atoms with Crippen LogP contribution in [-0.4, -0.2) is 13.0 Å².